The summed E-state index contributed by atoms with van der Waals surface area (Å²) in [6.07, 6.45) is 5.58. The average molecular weight is 427 g/mol. The SMILES string of the molecule is Nc1ncc(C#Cc2cccc(NC(=O)NC(CN3CCCC3)c3ccccc3)c2)cn1. The van der Waals surface area contributed by atoms with Crippen LogP contribution < -0.4 is 16.4 Å². The van der Waals surface area contributed by atoms with Gasteiger partial charge in [-0.15, -0.1) is 0 Å². The Morgan fingerprint density at radius 1 is 1.00 bits per heavy atom. The Balaban J connectivity index is 1.42. The first-order chi connectivity index (χ1) is 15.7. The third-order valence-electron chi connectivity index (χ3n) is 5.29. The van der Waals surface area contributed by atoms with E-state index in [1.54, 1.807) is 12.4 Å². The highest BCUT2D eigenvalue weighted by molar-refractivity contribution is 5.89. The Hall–Kier alpha value is -3.89. The summed E-state index contributed by atoms with van der Waals surface area (Å²) in [5.74, 6) is 6.27. The van der Waals surface area contributed by atoms with Gasteiger partial charge in [0.15, 0.2) is 0 Å². The van der Waals surface area contributed by atoms with Gasteiger partial charge in [-0.3, -0.25) is 0 Å². The smallest absolute Gasteiger partial charge is 0.319 e. The van der Waals surface area contributed by atoms with Gasteiger partial charge in [0.25, 0.3) is 0 Å². The number of carbonyl (C=O) groups excluding carboxylic acids is 1. The van der Waals surface area contributed by atoms with Gasteiger partial charge in [0.2, 0.25) is 5.95 Å². The first kappa shape index (κ1) is 21.3. The number of aromatic nitrogens is 2. The Morgan fingerprint density at radius 2 is 1.72 bits per heavy atom. The molecule has 1 fully saturated rings. The van der Waals surface area contributed by atoms with Crippen LogP contribution in [0.4, 0.5) is 16.4 Å². The van der Waals surface area contributed by atoms with E-state index in [9.17, 15) is 4.79 Å². The Kier molecular flexibility index (Phi) is 6.95. The second-order valence-electron chi connectivity index (χ2n) is 7.73. The van der Waals surface area contributed by atoms with Crippen LogP contribution in [0.5, 0.6) is 0 Å². The number of nitrogen functional groups attached to an aromatic ring is 1. The van der Waals surface area contributed by atoms with E-state index >= 15 is 0 Å². The molecule has 4 N–H and O–H groups in total. The molecule has 0 aliphatic carbocycles. The van der Waals surface area contributed by atoms with Crippen molar-refractivity contribution in [2.24, 2.45) is 0 Å². The van der Waals surface area contributed by atoms with Crippen molar-refractivity contribution in [1.82, 2.24) is 20.2 Å². The summed E-state index contributed by atoms with van der Waals surface area (Å²) in [7, 11) is 0. The molecule has 4 rings (SSSR count). The molecule has 162 valence electrons. The van der Waals surface area contributed by atoms with E-state index in [1.807, 2.05) is 42.5 Å². The highest BCUT2D eigenvalue weighted by Crippen LogP contribution is 2.18. The van der Waals surface area contributed by atoms with Crippen LogP contribution in [0.3, 0.4) is 0 Å². The fraction of sp³-hybridized carbons (Fsp3) is 0.240. The Bertz CT molecular complexity index is 1100. The van der Waals surface area contributed by atoms with Crippen molar-refractivity contribution in [1.29, 1.82) is 0 Å². The topological polar surface area (TPSA) is 96.2 Å². The fourth-order valence-electron chi connectivity index (χ4n) is 3.69. The summed E-state index contributed by atoms with van der Waals surface area (Å²) < 4.78 is 0. The summed E-state index contributed by atoms with van der Waals surface area (Å²) >= 11 is 0. The van der Waals surface area contributed by atoms with Crippen LogP contribution in [-0.2, 0) is 0 Å². The third kappa shape index (κ3) is 6.06. The van der Waals surface area contributed by atoms with Crippen LogP contribution in [0, 0.1) is 11.8 Å². The molecule has 2 amide bonds. The van der Waals surface area contributed by atoms with Gasteiger partial charge in [-0.2, -0.15) is 0 Å². The molecule has 1 unspecified atom stereocenters. The minimum Gasteiger partial charge on any atom is -0.368 e. The number of nitrogens with two attached hydrogens (primary N) is 1. The molecule has 1 aromatic heterocycles. The number of nitrogens with one attached hydrogen (secondary N) is 2. The van der Waals surface area contributed by atoms with Crippen LogP contribution in [0.2, 0.25) is 0 Å². The van der Waals surface area contributed by atoms with E-state index < -0.39 is 0 Å². The molecule has 1 saturated heterocycles. The van der Waals surface area contributed by atoms with Gasteiger partial charge in [0, 0.05) is 30.2 Å². The zero-order chi connectivity index (χ0) is 22.2. The normalized spacial score (nSPS) is 14.2. The molecule has 2 heterocycles. The maximum atomic E-state index is 12.8. The second-order valence-corrected chi connectivity index (χ2v) is 7.73. The van der Waals surface area contributed by atoms with Crippen LogP contribution >= 0.6 is 0 Å². The monoisotopic (exact) mass is 426 g/mol. The van der Waals surface area contributed by atoms with Crippen molar-refractivity contribution in [2.75, 3.05) is 30.7 Å². The highest BCUT2D eigenvalue weighted by atomic mass is 16.2. The van der Waals surface area contributed by atoms with Gasteiger partial charge in [0.1, 0.15) is 0 Å². The molecule has 2 aromatic carbocycles. The van der Waals surface area contributed by atoms with Gasteiger partial charge in [-0.25, -0.2) is 14.8 Å². The first-order valence-electron chi connectivity index (χ1n) is 10.7. The summed E-state index contributed by atoms with van der Waals surface area (Å²) in [4.78, 5) is 23.1. The van der Waals surface area contributed by atoms with E-state index in [4.69, 9.17) is 5.73 Å². The molecule has 3 aromatic rings. The highest BCUT2D eigenvalue weighted by Gasteiger charge is 2.20. The number of likely N-dealkylation sites (tertiary alicyclic amines) is 1. The van der Waals surface area contributed by atoms with Crippen LogP contribution in [0.1, 0.15) is 35.6 Å². The van der Waals surface area contributed by atoms with Crippen LogP contribution in [0.25, 0.3) is 0 Å². The van der Waals surface area contributed by atoms with Crippen molar-refractivity contribution in [3.05, 3.63) is 83.7 Å². The van der Waals surface area contributed by atoms with E-state index in [0.29, 0.717) is 11.3 Å². The number of amides is 2. The lowest BCUT2D eigenvalue weighted by molar-refractivity contribution is 0.240. The van der Waals surface area contributed by atoms with Gasteiger partial charge >= 0.3 is 6.03 Å². The number of carbonyl (C=O) groups is 1. The zero-order valence-electron chi connectivity index (χ0n) is 17.8. The largest absolute Gasteiger partial charge is 0.368 e. The number of rotatable bonds is 5. The van der Waals surface area contributed by atoms with Crippen LogP contribution in [-0.4, -0.2) is 40.5 Å². The number of nitrogens with zero attached hydrogens (tertiary/aromatic N) is 3. The summed E-state index contributed by atoms with van der Waals surface area (Å²) in [6.45, 7) is 2.95. The van der Waals surface area contributed by atoms with Crippen LogP contribution in [0.15, 0.2) is 67.0 Å². The Morgan fingerprint density at radius 3 is 2.47 bits per heavy atom. The van der Waals surface area contributed by atoms with Crippen molar-refractivity contribution in [3.63, 3.8) is 0 Å². The molecule has 0 bridgehead atoms. The van der Waals surface area contributed by atoms with E-state index in [1.165, 1.54) is 12.8 Å². The lowest BCUT2D eigenvalue weighted by Crippen LogP contribution is -2.39. The second kappa shape index (κ2) is 10.4. The molecule has 0 spiro atoms. The number of urea groups is 1. The number of benzene rings is 2. The first-order valence-corrected chi connectivity index (χ1v) is 10.7. The molecule has 7 nitrogen and oxygen atoms in total. The molecule has 1 aliphatic rings. The van der Waals surface area contributed by atoms with E-state index in [2.05, 4.69) is 49.5 Å². The number of hydrogen-bond donors (Lipinski definition) is 3. The minimum absolute atomic E-state index is 0.0807. The number of anilines is 2. The van der Waals surface area contributed by atoms with E-state index in [-0.39, 0.29) is 18.0 Å². The molecule has 0 radical (unpaired) electrons. The predicted molar refractivity (Wildman–Crippen MR) is 126 cm³/mol. The predicted octanol–water partition coefficient (Wildman–Crippen LogP) is 3.42. The van der Waals surface area contributed by atoms with Gasteiger partial charge < -0.3 is 21.3 Å². The molecule has 0 saturated carbocycles. The molecular formula is C25H26N6O. The average Bonchev–Trinajstić information content (AvgIpc) is 3.32. The van der Waals surface area contributed by atoms with Gasteiger partial charge in [-0.05, 0) is 49.7 Å². The number of hydrogen-bond acceptors (Lipinski definition) is 5. The van der Waals surface area contributed by atoms with Crippen molar-refractivity contribution >= 4 is 17.7 Å². The summed E-state index contributed by atoms with van der Waals surface area (Å²) in [5.41, 5.74) is 8.72. The molecule has 7 heteroatoms. The molecule has 32 heavy (non-hydrogen) atoms. The summed E-state index contributed by atoms with van der Waals surface area (Å²) in [6, 6.07) is 17.2. The Labute approximate surface area is 188 Å². The third-order valence-corrected chi connectivity index (χ3v) is 5.29. The lowest BCUT2D eigenvalue weighted by Gasteiger charge is -2.25. The van der Waals surface area contributed by atoms with Crippen molar-refractivity contribution < 1.29 is 4.79 Å². The molecule has 1 atom stereocenters. The lowest BCUT2D eigenvalue weighted by atomic mass is 10.1. The maximum Gasteiger partial charge on any atom is 0.319 e. The summed E-state index contributed by atoms with van der Waals surface area (Å²) in [5, 5.41) is 6.07. The zero-order valence-corrected chi connectivity index (χ0v) is 17.8. The minimum atomic E-state index is -0.241. The standard InChI is InChI=1S/C25H26N6O/c26-24-27-16-20(17-28-24)12-11-19-7-6-10-22(15-19)29-25(32)30-23(18-31-13-4-5-14-31)21-8-2-1-3-9-21/h1-3,6-10,15-17,23H,4-5,13-14,18H2,(H2,26,27,28)(H2,29,30,32). The van der Waals surface area contributed by atoms with Gasteiger partial charge in [-0.1, -0.05) is 48.2 Å². The van der Waals surface area contributed by atoms with Crippen molar-refractivity contribution in [2.45, 2.75) is 18.9 Å². The van der Waals surface area contributed by atoms with E-state index in [0.717, 1.165) is 30.8 Å². The van der Waals surface area contributed by atoms with Gasteiger partial charge in [0.05, 0.1) is 11.6 Å². The molecule has 1 aliphatic heterocycles. The quantitative estimate of drug-likeness (QED) is 0.544. The fourth-order valence-corrected chi connectivity index (χ4v) is 3.69. The van der Waals surface area contributed by atoms with Crippen molar-refractivity contribution in [3.8, 4) is 11.8 Å². The molecular weight excluding hydrogens is 400 g/mol. The maximum absolute atomic E-state index is 12.8.